The van der Waals surface area contributed by atoms with Crippen LogP contribution in [-0.2, 0) is 4.74 Å². The molecule has 0 bridgehead atoms. The number of anilines is 1. The number of morpholine rings is 1. The number of benzene rings is 1. The second kappa shape index (κ2) is 8.20. The van der Waals surface area contributed by atoms with Gasteiger partial charge in [-0.1, -0.05) is 31.7 Å². The number of nitrogens with zero attached hydrogens (tertiary/aromatic N) is 5. The SMILES string of the molecule is Brc1cnc(N2CCOCC2)c2nc(C3CC(c4ccc5ccccc5n4)C3)cn12.C. The minimum atomic E-state index is 0. The summed E-state index contributed by atoms with van der Waals surface area (Å²) >= 11 is 3.64. The van der Waals surface area contributed by atoms with Crippen LogP contribution in [0, 0.1) is 0 Å². The third-order valence-corrected chi connectivity index (χ3v) is 6.94. The van der Waals surface area contributed by atoms with E-state index in [0.29, 0.717) is 11.8 Å². The molecule has 4 heterocycles. The molecule has 2 aliphatic rings. The Morgan fingerprint density at radius 3 is 2.55 bits per heavy atom. The van der Waals surface area contributed by atoms with Crippen molar-refractivity contribution in [2.75, 3.05) is 31.2 Å². The molecule has 2 fully saturated rings. The highest BCUT2D eigenvalue weighted by molar-refractivity contribution is 9.10. The summed E-state index contributed by atoms with van der Waals surface area (Å²) in [5, 5.41) is 1.20. The number of hydrogen-bond acceptors (Lipinski definition) is 5. The number of fused-ring (bicyclic) bond motifs is 2. The lowest BCUT2D eigenvalue weighted by Crippen LogP contribution is -2.37. The minimum Gasteiger partial charge on any atom is -0.378 e. The fourth-order valence-corrected chi connectivity index (χ4v) is 4.93. The quantitative estimate of drug-likeness (QED) is 0.405. The normalized spacial score (nSPS) is 21.1. The third kappa shape index (κ3) is 3.59. The van der Waals surface area contributed by atoms with E-state index in [1.807, 2.05) is 6.20 Å². The van der Waals surface area contributed by atoms with Gasteiger partial charge >= 0.3 is 0 Å². The van der Waals surface area contributed by atoms with Gasteiger partial charge in [0, 0.05) is 42.2 Å². The number of rotatable bonds is 3. The van der Waals surface area contributed by atoms with Gasteiger partial charge in [0.1, 0.15) is 4.60 Å². The van der Waals surface area contributed by atoms with Crippen molar-refractivity contribution in [2.45, 2.75) is 32.1 Å². The highest BCUT2D eigenvalue weighted by Gasteiger charge is 2.34. The number of halogens is 1. The van der Waals surface area contributed by atoms with Crippen molar-refractivity contribution in [3.8, 4) is 0 Å². The lowest BCUT2D eigenvalue weighted by Gasteiger charge is -2.34. The van der Waals surface area contributed by atoms with Crippen LogP contribution in [0.1, 0.15) is 43.5 Å². The minimum absolute atomic E-state index is 0. The van der Waals surface area contributed by atoms with E-state index in [4.69, 9.17) is 14.7 Å². The molecule has 6 nitrogen and oxygen atoms in total. The fraction of sp³-hybridized carbons (Fsp3) is 0.375. The van der Waals surface area contributed by atoms with E-state index < -0.39 is 0 Å². The van der Waals surface area contributed by atoms with Crippen molar-refractivity contribution >= 4 is 38.3 Å². The van der Waals surface area contributed by atoms with Gasteiger partial charge in [-0.2, -0.15) is 0 Å². The second-order valence-corrected chi connectivity index (χ2v) is 8.97. The molecule has 3 aromatic heterocycles. The average molecular weight is 480 g/mol. The van der Waals surface area contributed by atoms with Gasteiger partial charge in [-0.3, -0.25) is 9.38 Å². The number of hydrogen-bond donors (Lipinski definition) is 0. The topological polar surface area (TPSA) is 55.5 Å². The molecule has 1 saturated heterocycles. The summed E-state index contributed by atoms with van der Waals surface area (Å²) in [4.78, 5) is 16.8. The first-order valence-electron chi connectivity index (χ1n) is 10.5. The van der Waals surface area contributed by atoms with E-state index in [1.54, 1.807) is 0 Å². The van der Waals surface area contributed by atoms with Crippen molar-refractivity contribution in [3.63, 3.8) is 0 Å². The van der Waals surface area contributed by atoms with Crippen molar-refractivity contribution in [1.82, 2.24) is 19.4 Å². The Labute approximate surface area is 190 Å². The number of pyridine rings is 1. The van der Waals surface area contributed by atoms with Crippen LogP contribution in [0.3, 0.4) is 0 Å². The number of imidazole rings is 1. The molecule has 1 aliphatic heterocycles. The zero-order chi connectivity index (χ0) is 20.1. The first-order chi connectivity index (χ1) is 14.8. The maximum atomic E-state index is 5.50. The number of aromatic nitrogens is 4. The van der Waals surface area contributed by atoms with Gasteiger partial charge in [-0.15, -0.1) is 0 Å². The Morgan fingerprint density at radius 2 is 1.71 bits per heavy atom. The number of para-hydroxylation sites is 1. The molecule has 0 radical (unpaired) electrons. The molecule has 31 heavy (non-hydrogen) atoms. The molecule has 1 aliphatic carbocycles. The predicted molar refractivity (Wildman–Crippen MR) is 127 cm³/mol. The van der Waals surface area contributed by atoms with Gasteiger partial charge in [-0.25, -0.2) is 9.97 Å². The van der Waals surface area contributed by atoms with Gasteiger partial charge in [0.2, 0.25) is 0 Å². The van der Waals surface area contributed by atoms with Gasteiger partial charge in [0.05, 0.1) is 30.6 Å². The lowest BCUT2D eigenvalue weighted by molar-refractivity contribution is 0.122. The van der Waals surface area contributed by atoms with Gasteiger partial charge < -0.3 is 9.64 Å². The summed E-state index contributed by atoms with van der Waals surface area (Å²) < 4.78 is 8.55. The van der Waals surface area contributed by atoms with Crippen molar-refractivity contribution < 1.29 is 4.74 Å². The van der Waals surface area contributed by atoms with Crippen molar-refractivity contribution in [3.05, 3.63) is 64.8 Å². The maximum absolute atomic E-state index is 5.50. The van der Waals surface area contributed by atoms with Gasteiger partial charge in [0.15, 0.2) is 11.5 Å². The molecule has 0 unspecified atom stereocenters. The van der Waals surface area contributed by atoms with Crippen LogP contribution < -0.4 is 4.90 Å². The highest BCUT2D eigenvalue weighted by atomic mass is 79.9. The van der Waals surface area contributed by atoms with Gasteiger partial charge in [0.25, 0.3) is 0 Å². The second-order valence-electron chi connectivity index (χ2n) is 8.16. The average Bonchev–Trinajstić information content (AvgIpc) is 3.19. The fourth-order valence-electron chi connectivity index (χ4n) is 4.56. The Morgan fingerprint density at radius 1 is 0.935 bits per heavy atom. The molecular formula is C24H26BrN5O. The molecule has 0 N–H and O–H groups in total. The smallest absolute Gasteiger partial charge is 0.181 e. The van der Waals surface area contributed by atoms with Gasteiger partial charge in [-0.05, 0) is 40.9 Å². The van der Waals surface area contributed by atoms with Crippen LogP contribution >= 0.6 is 15.9 Å². The summed E-state index contributed by atoms with van der Waals surface area (Å²) in [5.74, 6) is 1.91. The van der Waals surface area contributed by atoms with E-state index >= 15 is 0 Å². The standard InChI is InChI=1S/C23H22BrN5O.CH4/c24-21-13-25-22(28-7-9-30-10-8-28)23-27-20(14-29(21)23)17-11-16(12-17)19-6-5-15-3-1-2-4-18(15)26-19;/h1-6,13-14,16-17H,7-12H2;1H4. The first-order valence-corrected chi connectivity index (χ1v) is 11.3. The Bertz CT molecular complexity index is 1230. The molecule has 1 saturated carbocycles. The monoisotopic (exact) mass is 479 g/mol. The van der Waals surface area contributed by atoms with E-state index in [9.17, 15) is 0 Å². The molecule has 0 atom stereocenters. The summed E-state index contributed by atoms with van der Waals surface area (Å²) in [6.45, 7) is 3.18. The van der Waals surface area contributed by atoms with Crippen molar-refractivity contribution in [1.29, 1.82) is 0 Å². The van der Waals surface area contributed by atoms with E-state index in [2.05, 4.69) is 72.8 Å². The zero-order valence-corrected chi connectivity index (χ0v) is 18.1. The predicted octanol–water partition coefficient (Wildman–Crippen LogP) is 5.17. The highest BCUT2D eigenvalue weighted by Crippen LogP contribution is 2.47. The molecular weight excluding hydrogens is 454 g/mol. The summed E-state index contributed by atoms with van der Waals surface area (Å²) in [6, 6.07) is 12.7. The van der Waals surface area contributed by atoms with Crippen LogP contribution in [0.4, 0.5) is 5.82 Å². The molecule has 7 heteroatoms. The maximum Gasteiger partial charge on any atom is 0.181 e. The first kappa shape index (κ1) is 20.4. The molecule has 0 spiro atoms. The van der Waals surface area contributed by atoms with E-state index in [1.165, 1.54) is 11.1 Å². The Kier molecular flexibility index (Phi) is 5.40. The Balaban J connectivity index is 0.00000204. The summed E-state index contributed by atoms with van der Waals surface area (Å²) in [7, 11) is 0. The summed E-state index contributed by atoms with van der Waals surface area (Å²) in [6.07, 6.45) is 6.21. The molecule has 1 aromatic carbocycles. The molecule has 6 rings (SSSR count). The van der Waals surface area contributed by atoms with Crippen LogP contribution in [0.25, 0.3) is 16.6 Å². The van der Waals surface area contributed by atoms with Crippen LogP contribution in [-0.4, -0.2) is 45.7 Å². The van der Waals surface area contributed by atoms with E-state index in [0.717, 1.165) is 66.4 Å². The lowest BCUT2D eigenvalue weighted by atomic mass is 9.71. The Hall–Kier alpha value is -2.51. The molecule has 4 aromatic rings. The van der Waals surface area contributed by atoms with Crippen LogP contribution in [0.15, 0.2) is 53.4 Å². The third-order valence-electron chi connectivity index (χ3n) is 6.35. The molecule has 0 amide bonds. The van der Waals surface area contributed by atoms with E-state index in [-0.39, 0.29) is 7.43 Å². The van der Waals surface area contributed by atoms with Crippen LogP contribution in [0.2, 0.25) is 0 Å². The zero-order valence-electron chi connectivity index (χ0n) is 16.5. The molecule has 160 valence electrons. The van der Waals surface area contributed by atoms with Crippen molar-refractivity contribution in [2.24, 2.45) is 0 Å². The summed E-state index contributed by atoms with van der Waals surface area (Å²) in [5.41, 5.74) is 4.35. The number of ether oxygens (including phenoxy) is 1. The largest absolute Gasteiger partial charge is 0.378 e. The van der Waals surface area contributed by atoms with Crippen LogP contribution in [0.5, 0.6) is 0 Å².